The van der Waals surface area contributed by atoms with Gasteiger partial charge in [0.25, 0.3) is 0 Å². The van der Waals surface area contributed by atoms with Gasteiger partial charge in [-0.15, -0.1) is 0 Å². The van der Waals surface area contributed by atoms with Gasteiger partial charge in [0.1, 0.15) is 11.6 Å². The summed E-state index contributed by atoms with van der Waals surface area (Å²) in [6.45, 7) is 3.47. The first-order valence-electron chi connectivity index (χ1n) is 11.2. The molecule has 1 fully saturated rings. The van der Waals surface area contributed by atoms with Crippen molar-refractivity contribution in [2.24, 2.45) is 5.92 Å². The molecule has 4 rings (SSSR count). The Morgan fingerprint density at radius 1 is 0.968 bits per heavy atom. The van der Waals surface area contributed by atoms with Crippen LogP contribution in [-0.2, 0) is 6.42 Å². The third-order valence-electron chi connectivity index (χ3n) is 6.42. The molecular formula is C26H33N5. The van der Waals surface area contributed by atoms with E-state index in [2.05, 4.69) is 64.5 Å². The SMILES string of the molecule is Nc1cc([C@H](CCCN2CCC(Cc3ccccc3)C2)c2ccccc2)c(N)c(N)n1. The van der Waals surface area contributed by atoms with Gasteiger partial charge in [-0.3, -0.25) is 0 Å². The number of nitrogens with two attached hydrogens (primary N) is 3. The van der Waals surface area contributed by atoms with Gasteiger partial charge in [0.05, 0.1) is 5.69 Å². The maximum absolute atomic E-state index is 6.32. The molecule has 1 aromatic heterocycles. The summed E-state index contributed by atoms with van der Waals surface area (Å²) < 4.78 is 0. The number of anilines is 3. The first-order valence-corrected chi connectivity index (χ1v) is 11.2. The predicted molar refractivity (Wildman–Crippen MR) is 130 cm³/mol. The summed E-state index contributed by atoms with van der Waals surface area (Å²) >= 11 is 0. The monoisotopic (exact) mass is 415 g/mol. The second kappa shape index (κ2) is 9.84. The van der Waals surface area contributed by atoms with Crippen LogP contribution in [0.15, 0.2) is 66.7 Å². The standard InChI is InChI=1S/C26H33N5/c27-24-17-23(25(28)26(29)30-24)22(21-10-5-2-6-11-21)12-7-14-31-15-13-20(18-31)16-19-8-3-1-4-9-19/h1-6,8-11,17,20,22H,7,12-16,18,28H2,(H4,27,29,30)/t20?,22-/m1/s1. The molecule has 1 saturated heterocycles. The summed E-state index contributed by atoms with van der Waals surface area (Å²) in [4.78, 5) is 6.72. The van der Waals surface area contributed by atoms with Gasteiger partial charge in [-0.1, -0.05) is 60.7 Å². The van der Waals surface area contributed by atoms with Crippen molar-refractivity contribution in [1.29, 1.82) is 0 Å². The van der Waals surface area contributed by atoms with E-state index in [1.54, 1.807) is 0 Å². The van der Waals surface area contributed by atoms with Crippen LogP contribution in [0.25, 0.3) is 0 Å². The van der Waals surface area contributed by atoms with Crippen LogP contribution in [0.5, 0.6) is 0 Å². The Balaban J connectivity index is 1.39. The molecule has 5 heteroatoms. The number of aromatic nitrogens is 1. The van der Waals surface area contributed by atoms with Crippen LogP contribution in [0.4, 0.5) is 17.3 Å². The number of pyridine rings is 1. The van der Waals surface area contributed by atoms with E-state index in [0.717, 1.165) is 30.9 Å². The van der Waals surface area contributed by atoms with Gasteiger partial charge in [0, 0.05) is 12.5 Å². The molecule has 0 saturated carbocycles. The zero-order valence-corrected chi connectivity index (χ0v) is 18.1. The predicted octanol–water partition coefficient (Wildman–Crippen LogP) is 4.30. The van der Waals surface area contributed by atoms with E-state index in [1.807, 2.05) is 12.1 Å². The Labute approximate surface area is 185 Å². The van der Waals surface area contributed by atoms with Crippen LogP contribution in [0.2, 0.25) is 0 Å². The maximum atomic E-state index is 6.32. The van der Waals surface area contributed by atoms with Crippen LogP contribution >= 0.6 is 0 Å². The van der Waals surface area contributed by atoms with E-state index in [4.69, 9.17) is 17.2 Å². The van der Waals surface area contributed by atoms with Crippen molar-refractivity contribution in [1.82, 2.24) is 9.88 Å². The molecule has 1 unspecified atom stereocenters. The molecular weight excluding hydrogens is 382 g/mol. The minimum Gasteiger partial charge on any atom is -0.396 e. The van der Waals surface area contributed by atoms with Gasteiger partial charge in [-0.25, -0.2) is 4.98 Å². The molecule has 0 aliphatic carbocycles. The van der Waals surface area contributed by atoms with Crippen molar-refractivity contribution >= 4 is 17.3 Å². The van der Waals surface area contributed by atoms with Crippen molar-refractivity contribution in [3.05, 3.63) is 83.4 Å². The molecule has 0 spiro atoms. The van der Waals surface area contributed by atoms with Crippen LogP contribution in [-0.4, -0.2) is 29.5 Å². The number of nitrogen functional groups attached to an aromatic ring is 3. The zero-order valence-electron chi connectivity index (χ0n) is 18.1. The van der Waals surface area contributed by atoms with Crippen molar-refractivity contribution in [2.45, 2.75) is 31.6 Å². The Morgan fingerprint density at radius 3 is 2.42 bits per heavy atom. The lowest BCUT2D eigenvalue weighted by Gasteiger charge is -2.23. The number of benzene rings is 2. The van der Waals surface area contributed by atoms with E-state index >= 15 is 0 Å². The lowest BCUT2D eigenvalue weighted by Crippen LogP contribution is -2.23. The van der Waals surface area contributed by atoms with E-state index in [1.165, 1.54) is 37.1 Å². The number of likely N-dealkylation sites (tertiary alicyclic amines) is 1. The van der Waals surface area contributed by atoms with Gasteiger partial charge in [0.15, 0.2) is 0 Å². The van der Waals surface area contributed by atoms with Crippen LogP contribution < -0.4 is 17.2 Å². The molecule has 0 bridgehead atoms. The number of hydrogen-bond acceptors (Lipinski definition) is 5. The fourth-order valence-electron chi connectivity index (χ4n) is 4.84. The third-order valence-corrected chi connectivity index (χ3v) is 6.42. The summed E-state index contributed by atoms with van der Waals surface area (Å²) in [7, 11) is 0. The van der Waals surface area contributed by atoms with E-state index in [0.29, 0.717) is 17.3 Å². The van der Waals surface area contributed by atoms with Crippen molar-refractivity contribution in [2.75, 3.05) is 36.8 Å². The topological polar surface area (TPSA) is 94.2 Å². The Morgan fingerprint density at radius 2 is 1.68 bits per heavy atom. The van der Waals surface area contributed by atoms with Crippen LogP contribution in [0, 0.1) is 5.92 Å². The van der Waals surface area contributed by atoms with Crippen LogP contribution in [0.1, 0.15) is 41.9 Å². The summed E-state index contributed by atoms with van der Waals surface area (Å²) in [5, 5.41) is 0. The summed E-state index contributed by atoms with van der Waals surface area (Å²) in [5.74, 6) is 1.66. The molecule has 31 heavy (non-hydrogen) atoms. The molecule has 3 aromatic rings. The second-order valence-corrected chi connectivity index (χ2v) is 8.69. The molecule has 2 aromatic carbocycles. The molecule has 2 atom stereocenters. The highest BCUT2D eigenvalue weighted by atomic mass is 15.1. The third kappa shape index (κ3) is 5.36. The minimum absolute atomic E-state index is 0.163. The van der Waals surface area contributed by atoms with Crippen molar-refractivity contribution < 1.29 is 0 Å². The van der Waals surface area contributed by atoms with Crippen LogP contribution in [0.3, 0.4) is 0 Å². The van der Waals surface area contributed by atoms with Gasteiger partial charge < -0.3 is 22.1 Å². The first kappa shape index (κ1) is 21.2. The molecule has 0 radical (unpaired) electrons. The lowest BCUT2D eigenvalue weighted by atomic mass is 9.86. The Kier molecular flexibility index (Phi) is 6.73. The van der Waals surface area contributed by atoms with Gasteiger partial charge in [0.2, 0.25) is 0 Å². The summed E-state index contributed by atoms with van der Waals surface area (Å²) in [5.41, 5.74) is 22.6. The first-order chi connectivity index (χ1) is 15.1. The average Bonchev–Trinajstić information content (AvgIpc) is 3.22. The fourth-order valence-corrected chi connectivity index (χ4v) is 4.84. The smallest absolute Gasteiger partial charge is 0.149 e. The molecule has 0 amide bonds. The summed E-state index contributed by atoms with van der Waals surface area (Å²) in [6.07, 6.45) is 4.55. The van der Waals surface area contributed by atoms with Gasteiger partial charge >= 0.3 is 0 Å². The maximum Gasteiger partial charge on any atom is 0.149 e. The number of rotatable bonds is 8. The molecule has 1 aliphatic heterocycles. The van der Waals surface area contributed by atoms with E-state index in [-0.39, 0.29) is 5.92 Å². The highest BCUT2D eigenvalue weighted by molar-refractivity contribution is 5.68. The average molecular weight is 416 g/mol. The molecule has 6 N–H and O–H groups in total. The molecule has 2 heterocycles. The van der Waals surface area contributed by atoms with Gasteiger partial charge in [-0.2, -0.15) is 0 Å². The molecule has 162 valence electrons. The highest BCUT2D eigenvalue weighted by Crippen LogP contribution is 2.36. The quantitative estimate of drug-likeness (QED) is 0.510. The normalized spacial score (nSPS) is 17.6. The Hall–Kier alpha value is -3.05. The highest BCUT2D eigenvalue weighted by Gasteiger charge is 2.24. The minimum atomic E-state index is 0.163. The largest absolute Gasteiger partial charge is 0.396 e. The molecule has 5 nitrogen and oxygen atoms in total. The van der Waals surface area contributed by atoms with Gasteiger partial charge in [-0.05, 0) is 67.4 Å². The number of hydrogen-bond donors (Lipinski definition) is 3. The zero-order chi connectivity index (χ0) is 21.6. The number of nitrogens with zero attached hydrogens (tertiary/aromatic N) is 2. The fraction of sp³-hybridized carbons (Fsp3) is 0.346. The van der Waals surface area contributed by atoms with Crippen molar-refractivity contribution in [3.8, 4) is 0 Å². The lowest BCUT2D eigenvalue weighted by molar-refractivity contribution is 0.314. The molecule has 1 aliphatic rings. The van der Waals surface area contributed by atoms with E-state index < -0.39 is 0 Å². The Bertz CT molecular complexity index is 974. The van der Waals surface area contributed by atoms with E-state index in [9.17, 15) is 0 Å². The second-order valence-electron chi connectivity index (χ2n) is 8.69. The van der Waals surface area contributed by atoms with Crippen molar-refractivity contribution in [3.63, 3.8) is 0 Å². The summed E-state index contributed by atoms with van der Waals surface area (Å²) in [6, 6.07) is 23.2.